The highest BCUT2D eigenvalue weighted by Crippen LogP contribution is 2.22. The van der Waals surface area contributed by atoms with Crippen LogP contribution in [-0.2, 0) is 4.79 Å². The molecule has 0 fully saturated rings. The van der Waals surface area contributed by atoms with E-state index in [0.717, 1.165) is 4.90 Å². The molecule has 116 valence electrons. The van der Waals surface area contributed by atoms with Crippen molar-refractivity contribution in [1.29, 1.82) is 0 Å². The van der Waals surface area contributed by atoms with Crippen LogP contribution in [0.5, 0.6) is 0 Å². The lowest BCUT2D eigenvalue weighted by atomic mass is 10.1. The third kappa shape index (κ3) is 3.10. The van der Waals surface area contributed by atoms with E-state index in [2.05, 4.69) is 5.32 Å². The minimum Gasteiger partial charge on any atom is -0.326 e. The van der Waals surface area contributed by atoms with Gasteiger partial charge in [0.25, 0.3) is 11.8 Å². The number of nitrogens with zero attached hydrogens (tertiary/aromatic N) is 1. The highest BCUT2D eigenvalue weighted by molar-refractivity contribution is 6.30. The molecule has 1 aliphatic heterocycles. The number of anilines is 1. The summed E-state index contributed by atoms with van der Waals surface area (Å²) in [5, 5.41) is 3.27. The Balaban J connectivity index is 1.61. The van der Waals surface area contributed by atoms with Crippen molar-refractivity contribution in [3.8, 4) is 0 Å². The van der Waals surface area contributed by atoms with Gasteiger partial charge in [0.2, 0.25) is 5.91 Å². The van der Waals surface area contributed by atoms with E-state index >= 15 is 0 Å². The number of carbonyl (C=O) groups excluding carboxylic acids is 3. The molecule has 23 heavy (non-hydrogen) atoms. The molecule has 0 atom stereocenters. The summed E-state index contributed by atoms with van der Waals surface area (Å²) in [7, 11) is 0. The zero-order chi connectivity index (χ0) is 16.4. The molecule has 0 aliphatic carbocycles. The Hall–Kier alpha value is -2.66. The van der Waals surface area contributed by atoms with Crippen LogP contribution in [0.2, 0.25) is 5.02 Å². The van der Waals surface area contributed by atoms with E-state index in [-0.39, 0.29) is 30.7 Å². The lowest BCUT2D eigenvalue weighted by Crippen LogP contribution is -2.32. The Morgan fingerprint density at radius 1 is 0.957 bits per heavy atom. The number of carbonyl (C=O) groups is 3. The summed E-state index contributed by atoms with van der Waals surface area (Å²) in [4.78, 5) is 37.4. The molecule has 0 aromatic heterocycles. The smallest absolute Gasteiger partial charge is 0.261 e. The minimum atomic E-state index is -0.357. The molecule has 6 heteroatoms. The summed E-state index contributed by atoms with van der Waals surface area (Å²) in [5.74, 6) is -0.987. The van der Waals surface area contributed by atoms with Crippen LogP contribution in [0.1, 0.15) is 27.1 Å². The predicted molar refractivity (Wildman–Crippen MR) is 86.5 cm³/mol. The maximum atomic E-state index is 12.2. The van der Waals surface area contributed by atoms with Crippen LogP contribution in [0.15, 0.2) is 48.5 Å². The van der Waals surface area contributed by atoms with E-state index in [4.69, 9.17) is 11.6 Å². The van der Waals surface area contributed by atoms with Crippen molar-refractivity contribution in [3.63, 3.8) is 0 Å². The molecule has 0 radical (unpaired) electrons. The van der Waals surface area contributed by atoms with Gasteiger partial charge in [-0.2, -0.15) is 0 Å². The number of hydrogen-bond acceptors (Lipinski definition) is 3. The quantitative estimate of drug-likeness (QED) is 0.877. The van der Waals surface area contributed by atoms with Crippen LogP contribution in [0.25, 0.3) is 0 Å². The van der Waals surface area contributed by atoms with Gasteiger partial charge in [-0.1, -0.05) is 23.7 Å². The number of rotatable bonds is 4. The van der Waals surface area contributed by atoms with Crippen LogP contribution in [0.3, 0.4) is 0 Å². The number of imide groups is 1. The largest absolute Gasteiger partial charge is 0.326 e. The van der Waals surface area contributed by atoms with E-state index in [1.54, 1.807) is 48.5 Å². The second-order valence-corrected chi connectivity index (χ2v) is 5.55. The van der Waals surface area contributed by atoms with E-state index in [0.29, 0.717) is 21.8 Å². The molecule has 0 unspecified atom stereocenters. The van der Waals surface area contributed by atoms with Gasteiger partial charge in [-0.15, -0.1) is 0 Å². The summed E-state index contributed by atoms with van der Waals surface area (Å²) in [6, 6.07) is 13.3. The van der Waals surface area contributed by atoms with Crippen molar-refractivity contribution >= 4 is 35.0 Å². The summed E-state index contributed by atoms with van der Waals surface area (Å²) >= 11 is 5.78. The number of nitrogens with one attached hydrogen (secondary N) is 1. The van der Waals surface area contributed by atoms with Gasteiger partial charge in [-0.05, 0) is 36.4 Å². The lowest BCUT2D eigenvalue weighted by molar-refractivity contribution is -0.116. The molecule has 1 heterocycles. The van der Waals surface area contributed by atoms with Crippen molar-refractivity contribution in [2.75, 3.05) is 11.9 Å². The van der Waals surface area contributed by atoms with Gasteiger partial charge in [0.15, 0.2) is 0 Å². The molecule has 3 amide bonds. The molecule has 5 nitrogen and oxygen atoms in total. The van der Waals surface area contributed by atoms with E-state index in [1.807, 2.05) is 0 Å². The maximum absolute atomic E-state index is 12.2. The van der Waals surface area contributed by atoms with Crippen molar-refractivity contribution in [1.82, 2.24) is 4.90 Å². The van der Waals surface area contributed by atoms with Gasteiger partial charge in [0, 0.05) is 23.7 Å². The fraction of sp³-hybridized carbons (Fsp3) is 0.118. The molecule has 2 aromatic rings. The van der Waals surface area contributed by atoms with Crippen molar-refractivity contribution in [2.45, 2.75) is 6.42 Å². The lowest BCUT2D eigenvalue weighted by Gasteiger charge is -2.13. The molecule has 0 saturated heterocycles. The van der Waals surface area contributed by atoms with Crippen LogP contribution >= 0.6 is 11.6 Å². The SMILES string of the molecule is O=C(CCN1C(=O)c2ccccc2C1=O)Nc1ccc(Cl)cc1. The molecule has 1 N–H and O–H groups in total. The number of halogens is 1. The monoisotopic (exact) mass is 328 g/mol. The molecular formula is C17H13ClN2O3. The molecule has 0 saturated carbocycles. The second kappa shape index (κ2) is 6.22. The highest BCUT2D eigenvalue weighted by atomic mass is 35.5. The fourth-order valence-corrected chi connectivity index (χ4v) is 2.54. The van der Waals surface area contributed by atoms with Crippen molar-refractivity contribution in [2.24, 2.45) is 0 Å². The first kappa shape index (κ1) is 15.2. The van der Waals surface area contributed by atoms with Gasteiger partial charge in [-0.3, -0.25) is 19.3 Å². The summed E-state index contributed by atoms with van der Waals surface area (Å²) in [6.07, 6.45) is 0.0358. The Kier molecular flexibility index (Phi) is 4.12. The minimum absolute atomic E-state index is 0.0358. The number of amides is 3. The summed E-state index contributed by atoms with van der Waals surface area (Å²) in [6.45, 7) is 0.0474. The van der Waals surface area contributed by atoms with Crippen molar-refractivity contribution < 1.29 is 14.4 Å². The first-order chi connectivity index (χ1) is 11.1. The molecule has 0 spiro atoms. The molecule has 3 rings (SSSR count). The molecular weight excluding hydrogens is 316 g/mol. The Labute approximate surface area is 137 Å². The first-order valence-electron chi connectivity index (χ1n) is 7.07. The third-order valence-electron chi connectivity index (χ3n) is 3.57. The average molecular weight is 329 g/mol. The van der Waals surface area contributed by atoms with Crippen LogP contribution in [-0.4, -0.2) is 29.2 Å². The van der Waals surface area contributed by atoms with E-state index in [1.165, 1.54) is 0 Å². The summed E-state index contributed by atoms with van der Waals surface area (Å²) in [5.41, 5.74) is 1.38. The fourth-order valence-electron chi connectivity index (χ4n) is 2.41. The Morgan fingerprint density at radius 2 is 1.52 bits per heavy atom. The van der Waals surface area contributed by atoms with Gasteiger partial charge >= 0.3 is 0 Å². The van der Waals surface area contributed by atoms with Crippen LogP contribution < -0.4 is 5.32 Å². The molecule has 1 aliphatic rings. The Bertz CT molecular complexity index is 752. The average Bonchev–Trinajstić information content (AvgIpc) is 2.80. The van der Waals surface area contributed by atoms with Gasteiger partial charge < -0.3 is 5.32 Å². The number of fused-ring (bicyclic) bond motifs is 1. The van der Waals surface area contributed by atoms with E-state index in [9.17, 15) is 14.4 Å². The number of hydrogen-bond donors (Lipinski definition) is 1. The third-order valence-corrected chi connectivity index (χ3v) is 3.82. The van der Waals surface area contributed by atoms with Gasteiger partial charge in [0.1, 0.15) is 0 Å². The summed E-state index contributed by atoms with van der Waals surface area (Å²) < 4.78 is 0. The van der Waals surface area contributed by atoms with Gasteiger partial charge in [0.05, 0.1) is 11.1 Å². The molecule has 2 aromatic carbocycles. The number of benzene rings is 2. The first-order valence-corrected chi connectivity index (χ1v) is 7.45. The normalized spacial score (nSPS) is 13.2. The predicted octanol–water partition coefficient (Wildman–Crippen LogP) is 2.96. The van der Waals surface area contributed by atoms with Crippen molar-refractivity contribution in [3.05, 3.63) is 64.7 Å². The van der Waals surface area contributed by atoms with Gasteiger partial charge in [-0.25, -0.2) is 0 Å². The standard InChI is InChI=1S/C17H13ClN2O3/c18-11-5-7-12(8-6-11)19-15(21)9-10-20-16(22)13-3-1-2-4-14(13)17(20)23/h1-8H,9-10H2,(H,19,21). The Morgan fingerprint density at radius 3 is 2.09 bits per heavy atom. The maximum Gasteiger partial charge on any atom is 0.261 e. The topological polar surface area (TPSA) is 66.5 Å². The van der Waals surface area contributed by atoms with Crippen LogP contribution in [0.4, 0.5) is 5.69 Å². The zero-order valence-electron chi connectivity index (χ0n) is 12.1. The second-order valence-electron chi connectivity index (χ2n) is 5.11. The van der Waals surface area contributed by atoms with E-state index < -0.39 is 0 Å². The highest BCUT2D eigenvalue weighted by Gasteiger charge is 2.34. The zero-order valence-corrected chi connectivity index (χ0v) is 12.8. The molecule has 0 bridgehead atoms. The van der Waals surface area contributed by atoms with Crippen LogP contribution in [0, 0.1) is 0 Å².